The third-order valence-corrected chi connectivity index (χ3v) is 4.09. The molecule has 1 fully saturated rings. The molecule has 0 aliphatic carbocycles. The van der Waals surface area contributed by atoms with Gasteiger partial charge in [0.1, 0.15) is 0 Å². The van der Waals surface area contributed by atoms with Crippen molar-refractivity contribution in [2.75, 3.05) is 26.2 Å². The first-order valence-electron chi connectivity index (χ1n) is 7.70. The van der Waals surface area contributed by atoms with Gasteiger partial charge in [-0.25, -0.2) is 0 Å². The normalized spacial score (nSPS) is 19.8. The van der Waals surface area contributed by atoms with Crippen molar-refractivity contribution in [3.63, 3.8) is 0 Å². The Bertz CT molecular complexity index is 333. The molecule has 1 saturated heterocycles. The van der Waals surface area contributed by atoms with Crippen LogP contribution in [0.3, 0.4) is 0 Å². The first kappa shape index (κ1) is 14.5. The predicted molar refractivity (Wildman–Crippen MR) is 80.0 cm³/mol. The van der Waals surface area contributed by atoms with Gasteiger partial charge in [-0.1, -0.05) is 6.92 Å². The zero-order chi connectivity index (χ0) is 13.3. The van der Waals surface area contributed by atoms with Crippen LogP contribution < -0.4 is 5.32 Å². The summed E-state index contributed by atoms with van der Waals surface area (Å²) in [4.78, 5) is 6.61. The summed E-state index contributed by atoms with van der Waals surface area (Å²) in [6, 6.07) is 4.24. The Morgan fingerprint density at radius 1 is 1.37 bits per heavy atom. The van der Waals surface area contributed by atoms with Gasteiger partial charge in [-0.2, -0.15) is 0 Å². The lowest BCUT2D eigenvalue weighted by Crippen LogP contribution is -2.30. The SMILES string of the molecule is CCN(CCCC1CCCNC1)Cc1ccncc1. The molecule has 2 rings (SSSR count). The summed E-state index contributed by atoms with van der Waals surface area (Å²) in [5.41, 5.74) is 1.37. The van der Waals surface area contributed by atoms with E-state index >= 15 is 0 Å². The topological polar surface area (TPSA) is 28.2 Å². The minimum atomic E-state index is 0.911. The fourth-order valence-electron chi connectivity index (χ4n) is 2.87. The zero-order valence-electron chi connectivity index (χ0n) is 12.1. The Balaban J connectivity index is 1.67. The second kappa shape index (κ2) is 8.28. The Kier molecular flexibility index (Phi) is 6.31. The third kappa shape index (κ3) is 5.29. The quantitative estimate of drug-likeness (QED) is 0.818. The van der Waals surface area contributed by atoms with Crippen LogP contribution >= 0.6 is 0 Å². The van der Waals surface area contributed by atoms with E-state index < -0.39 is 0 Å². The molecule has 19 heavy (non-hydrogen) atoms. The molecular weight excluding hydrogens is 234 g/mol. The fourth-order valence-corrected chi connectivity index (χ4v) is 2.87. The fraction of sp³-hybridized carbons (Fsp3) is 0.688. The highest BCUT2D eigenvalue weighted by Crippen LogP contribution is 2.16. The monoisotopic (exact) mass is 261 g/mol. The van der Waals surface area contributed by atoms with Gasteiger partial charge in [-0.05, 0) is 75.5 Å². The number of hydrogen-bond donors (Lipinski definition) is 1. The molecule has 1 unspecified atom stereocenters. The van der Waals surface area contributed by atoms with Crippen LogP contribution in [-0.4, -0.2) is 36.1 Å². The number of aromatic nitrogens is 1. The Hall–Kier alpha value is -0.930. The van der Waals surface area contributed by atoms with Gasteiger partial charge in [0.25, 0.3) is 0 Å². The molecule has 0 radical (unpaired) electrons. The van der Waals surface area contributed by atoms with E-state index in [1.54, 1.807) is 0 Å². The van der Waals surface area contributed by atoms with Gasteiger partial charge in [0.15, 0.2) is 0 Å². The lowest BCUT2D eigenvalue weighted by atomic mass is 9.94. The van der Waals surface area contributed by atoms with Crippen molar-refractivity contribution >= 4 is 0 Å². The summed E-state index contributed by atoms with van der Waals surface area (Å²) in [5.74, 6) is 0.911. The van der Waals surface area contributed by atoms with Crippen LogP contribution in [0, 0.1) is 5.92 Å². The molecule has 1 atom stereocenters. The number of nitrogens with one attached hydrogen (secondary N) is 1. The third-order valence-electron chi connectivity index (χ3n) is 4.09. The molecule has 1 N–H and O–H groups in total. The average Bonchev–Trinajstić information content (AvgIpc) is 2.48. The van der Waals surface area contributed by atoms with E-state index in [1.165, 1.54) is 50.9 Å². The minimum absolute atomic E-state index is 0.911. The van der Waals surface area contributed by atoms with E-state index in [9.17, 15) is 0 Å². The number of rotatable bonds is 7. The van der Waals surface area contributed by atoms with Crippen LogP contribution in [0.1, 0.15) is 38.2 Å². The highest BCUT2D eigenvalue weighted by molar-refractivity contribution is 5.09. The van der Waals surface area contributed by atoms with Crippen molar-refractivity contribution in [3.8, 4) is 0 Å². The predicted octanol–water partition coefficient (Wildman–Crippen LogP) is 2.68. The number of pyridine rings is 1. The average molecular weight is 261 g/mol. The maximum Gasteiger partial charge on any atom is 0.0271 e. The van der Waals surface area contributed by atoms with E-state index in [2.05, 4.69) is 34.3 Å². The number of nitrogens with zero attached hydrogens (tertiary/aromatic N) is 2. The Labute approximate surface area is 117 Å². The largest absolute Gasteiger partial charge is 0.316 e. The Morgan fingerprint density at radius 3 is 2.89 bits per heavy atom. The smallest absolute Gasteiger partial charge is 0.0271 e. The summed E-state index contributed by atoms with van der Waals surface area (Å²) in [6.07, 6.45) is 9.25. The molecule has 3 nitrogen and oxygen atoms in total. The standard InChI is InChI=1S/C16H27N3/c1-2-19(14-16-7-10-17-11-8-16)12-4-6-15-5-3-9-18-13-15/h7-8,10-11,15,18H,2-6,9,12-14H2,1H3. The highest BCUT2D eigenvalue weighted by atomic mass is 15.1. The number of hydrogen-bond acceptors (Lipinski definition) is 3. The molecule has 3 heteroatoms. The van der Waals surface area contributed by atoms with Crippen LogP contribution in [0.15, 0.2) is 24.5 Å². The van der Waals surface area contributed by atoms with E-state index in [0.29, 0.717) is 0 Å². The minimum Gasteiger partial charge on any atom is -0.316 e. The summed E-state index contributed by atoms with van der Waals surface area (Å²) >= 11 is 0. The summed E-state index contributed by atoms with van der Waals surface area (Å²) in [5, 5.41) is 3.51. The second-order valence-corrected chi connectivity index (χ2v) is 5.58. The van der Waals surface area contributed by atoms with E-state index in [4.69, 9.17) is 0 Å². The van der Waals surface area contributed by atoms with Crippen LogP contribution in [0.4, 0.5) is 0 Å². The van der Waals surface area contributed by atoms with Crippen molar-refractivity contribution in [2.24, 2.45) is 5.92 Å². The first-order valence-corrected chi connectivity index (χ1v) is 7.70. The molecule has 2 heterocycles. The molecule has 1 aromatic rings. The molecule has 1 aromatic heterocycles. The van der Waals surface area contributed by atoms with Gasteiger partial charge in [0, 0.05) is 18.9 Å². The van der Waals surface area contributed by atoms with Crippen LogP contribution in [0.5, 0.6) is 0 Å². The lowest BCUT2D eigenvalue weighted by Gasteiger charge is -2.25. The van der Waals surface area contributed by atoms with Crippen molar-refractivity contribution in [1.82, 2.24) is 15.2 Å². The van der Waals surface area contributed by atoms with Crippen molar-refractivity contribution in [3.05, 3.63) is 30.1 Å². The van der Waals surface area contributed by atoms with Gasteiger partial charge in [0.05, 0.1) is 0 Å². The van der Waals surface area contributed by atoms with Gasteiger partial charge < -0.3 is 5.32 Å². The summed E-state index contributed by atoms with van der Waals surface area (Å²) in [7, 11) is 0. The summed E-state index contributed by atoms with van der Waals surface area (Å²) < 4.78 is 0. The van der Waals surface area contributed by atoms with Gasteiger partial charge in [0.2, 0.25) is 0 Å². The molecule has 1 aliphatic heterocycles. The summed E-state index contributed by atoms with van der Waals surface area (Å²) in [6.45, 7) is 8.11. The van der Waals surface area contributed by atoms with Gasteiger partial charge >= 0.3 is 0 Å². The molecular formula is C16H27N3. The highest BCUT2D eigenvalue weighted by Gasteiger charge is 2.13. The first-order chi connectivity index (χ1) is 9.38. The maximum atomic E-state index is 4.08. The second-order valence-electron chi connectivity index (χ2n) is 5.58. The van der Waals surface area contributed by atoms with Crippen LogP contribution in [0.25, 0.3) is 0 Å². The Morgan fingerprint density at radius 2 is 2.21 bits per heavy atom. The molecule has 0 saturated carbocycles. The van der Waals surface area contributed by atoms with E-state index in [0.717, 1.165) is 19.0 Å². The maximum absolute atomic E-state index is 4.08. The molecule has 0 amide bonds. The van der Waals surface area contributed by atoms with Gasteiger partial charge in [-0.3, -0.25) is 9.88 Å². The molecule has 0 bridgehead atoms. The molecule has 0 spiro atoms. The van der Waals surface area contributed by atoms with Crippen molar-refractivity contribution in [2.45, 2.75) is 39.2 Å². The van der Waals surface area contributed by atoms with Crippen LogP contribution in [-0.2, 0) is 6.54 Å². The van der Waals surface area contributed by atoms with Crippen LogP contribution in [0.2, 0.25) is 0 Å². The van der Waals surface area contributed by atoms with E-state index in [1.807, 2.05) is 12.4 Å². The van der Waals surface area contributed by atoms with Crippen molar-refractivity contribution < 1.29 is 0 Å². The molecule has 1 aliphatic rings. The van der Waals surface area contributed by atoms with Gasteiger partial charge in [-0.15, -0.1) is 0 Å². The lowest BCUT2D eigenvalue weighted by molar-refractivity contribution is 0.256. The van der Waals surface area contributed by atoms with Crippen molar-refractivity contribution in [1.29, 1.82) is 0 Å². The zero-order valence-corrected chi connectivity index (χ0v) is 12.1. The molecule has 0 aromatic carbocycles. The number of piperidine rings is 1. The molecule has 106 valence electrons. The van der Waals surface area contributed by atoms with E-state index in [-0.39, 0.29) is 0 Å².